The average molecular weight is 273 g/mol. The highest BCUT2D eigenvalue weighted by Gasteiger charge is 2.15. The summed E-state index contributed by atoms with van der Waals surface area (Å²) < 4.78 is 24.6. The molecule has 0 bridgehead atoms. The van der Waals surface area contributed by atoms with Crippen molar-refractivity contribution in [3.05, 3.63) is 18.0 Å². The first kappa shape index (κ1) is 15.2. The number of nitrogens with one attached hydrogen (secondary N) is 1. The van der Waals surface area contributed by atoms with E-state index < -0.39 is 9.84 Å². The van der Waals surface area contributed by atoms with Gasteiger partial charge in [0.05, 0.1) is 5.75 Å². The van der Waals surface area contributed by atoms with E-state index in [4.69, 9.17) is 0 Å². The van der Waals surface area contributed by atoms with Crippen molar-refractivity contribution in [2.45, 2.75) is 32.2 Å². The maximum Gasteiger partial charge on any atom is 0.148 e. The average Bonchev–Trinajstić information content (AvgIpc) is 2.66. The number of nitrogens with zero attached hydrogens (tertiary/aromatic N) is 2. The Kier molecular flexibility index (Phi) is 5.81. The first-order valence-electron chi connectivity index (χ1n) is 6.30. The summed E-state index contributed by atoms with van der Waals surface area (Å²) in [5.74, 6) is 0.199. The van der Waals surface area contributed by atoms with Crippen LogP contribution in [0.3, 0.4) is 0 Å². The lowest BCUT2D eigenvalue weighted by molar-refractivity contribution is 0.499. The zero-order valence-corrected chi connectivity index (χ0v) is 12.2. The lowest BCUT2D eigenvalue weighted by Crippen LogP contribution is -2.36. The number of sulfone groups is 1. The number of aromatic nitrogens is 2. The normalized spacial score (nSPS) is 13.7. The molecule has 5 nitrogen and oxygen atoms in total. The van der Waals surface area contributed by atoms with Crippen LogP contribution in [0.15, 0.2) is 12.3 Å². The molecule has 0 saturated carbocycles. The highest BCUT2D eigenvalue weighted by Crippen LogP contribution is 2.06. The zero-order chi connectivity index (χ0) is 13.6. The Hall–Kier alpha value is -0.880. The number of aryl methyl sites for hydroxylation is 2. The summed E-state index contributed by atoms with van der Waals surface area (Å²) in [6, 6.07) is 1.99. The highest BCUT2D eigenvalue weighted by atomic mass is 32.2. The first-order valence-corrected chi connectivity index (χ1v) is 8.36. The molecule has 18 heavy (non-hydrogen) atoms. The van der Waals surface area contributed by atoms with Gasteiger partial charge in [0, 0.05) is 31.2 Å². The van der Waals surface area contributed by atoms with Crippen LogP contribution in [-0.2, 0) is 23.3 Å². The largest absolute Gasteiger partial charge is 0.313 e. The second kappa shape index (κ2) is 6.89. The van der Waals surface area contributed by atoms with Crippen molar-refractivity contribution in [2.24, 2.45) is 7.05 Å². The fourth-order valence-corrected chi connectivity index (χ4v) is 2.94. The molecule has 6 heteroatoms. The molecule has 1 rings (SSSR count). The van der Waals surface area contributed by atoms with Crippen molar-refractivity contribution in [1.29, 1.82) is 0 Å². The monoisotopic (exact) mass is 273 g/mol. The van der Waals surface area contributed by atoms with Crippen LogP contribution in [0, 0.1) is 0 Å². The molecule has 104 valence electrons. The lowest BCUT2D eigenvalue weighted by atomic mass is 10.1. The standard InChI is InChI=1S/C12H23N3O2S/c1-4-8-13-11(10-18(3,16)17)5-6-12-7-9-14-15(12)2/h7,9,11,13H,4-6,8,10H2,1-3H3. The molecule has 1 N–H and O–H groups in total. The summed E-state index contributed by atoms with van der Waals surface area (Å²) >= 11 is 0. The Bertz CT molecular complexity index is 454. The van der Waals surface area contributed by atoms with Gasteiger partial charge in [0.1, 0.15) is 9.84 Å². The van der Waals surface area contributed by atoms with Gasteiger partial charge in [0.15, 0.2) is 0 Å². The third-order valence-electron chi connectivity index (χ3n) is 2.86. The highest BCUT2D eigenvalue weighted by molar-refractivity contribution is 7.90. The Morgan fingerprint density at radius 3 is 2.72 bits per heavy atom. The smallest absolute Gasteiger partial charge is 0.148 e. The molecule has 0 fully saturated rings. The van der Waals surface area contributed by atoms with Crippen LogP contribution < -0.4 is 5.32 Å². The fraction of sp³-hybridized carbons (Fsp3) is 0.750. The molecule has 1 aromatic rings. The zero-order valence-electron chi connectivity index (χ0n) is 11.4. The summed E-state index contributed by atoms with van der Waals surface area (Å²) in [7, 11) is -1.04. The summed E-state index contributed by atoms with van der Waals surface area (Å²) in [5.41, 5.74) is 1.13. The molecule has 1 heterocycles. The first-order chi connectivity index (χ1) is 8.42. The van der Waals surface area contributed by atoms with Gasteiger partial charge in [-0.25, -0.2) is 8.42 Å². The maximum atomic E-state index is 11.4. The summed E-state index contributed by atoms with van der Waals surface area (Å²) in [5, 5.41) is 7.41. The van der Waals surface area contributed by atoms with E-state index in [0.29, 0.717) is 0 Å². The van der Waals surface area contributed by atoms with E-state index in [9.17, 15) is 8.42 Å². The van der Waals surface area contributed by atoms with Crippen LogP contribution in [0.2, 0.25) is 0 Å². The van der Waals surface area contributed by atoms with E-state index >= 15 is 0 Å². The molecule has 0 aliphatic rings. The topological polar surface area (TPSA) is 64.0 Å². The molecular weight excluding hydrogens is 250 g/mol. The van der Waals surface area contributed by atoms with E-state index in [1.54, 1.807) is 6.20 Å². The van der Waals surface area contributed by atoms with Gasteiger partial charge in [-0.2, -0.15) is 5.10 Å². The van der Waals surface area contributed by atoms with Crippen molar-refractivity contribution in [3.63, 3.8) is 0 Å². The maximum absolute atomic E-state index is 11.4. The van der Waals surface area contributed by atoms with Crippen molar-refractivity contribution >= 4 is 9.84 Å². The van der Waals surface area contributed by atoms with Gasteiger partial charge in [-0.3, -0.25) is 4.68 Å². The molecule has 0 saturated heterocycles. The third kappa shape index (κ3) is 5.64. The molecule has 1 atom stereocenters. The van der Waals surface area contributed by atoms with Crippen molar-refractivity contribution in [2.75, 3.05) is 18.6 Å². The van der Waals surface area contributed by atoms with Crippen molar-refractivity contribution in [3.8, 4) is 0 Å². The van der Waals surface area contributed by atoms with Crippen LogP contribution in [0.5, 0.6) is 0 Å². The van der Waals surface area contributed by atoms with Gasteiger partial charge < -0.3 is 5.32 Å². The molecule has 1 unspecified atom stereocenters. The molecule has 0 aromatic carbocycles. The minimum atomic E-state index is -2.94. The predicted molar refractivity (Wildman–Crippen MR) is 73.3 cm³/mol. The Labute approximate surface area is 109 Å². The molecular formula is C12H23N3O2S. The second-order valence-electron chi connectivity index (χ2n) is 4.73. The minimum Gasteiger partial charge on any atom is -0.313 e. The summed E-state index contributed by atoms with van der Waals surface area (Å²) in [6.07, 6.45) is 5.71. The van der Waals surface area contributed by atoms with Crippen molar-refractivity contribution in [1.82, 2.24) is 15.1 Å². The van der Waals surface area contributed by atoms with E-state index in [-0.39, 0.29) is 11.8 Å². The number of hydrogen-bond donors (Lipinski definition) is 1. The van der Waals surface area contributed by atoms with Gasteiger partial charge in [0.25, 0.3) is 0 Å². The molecule has 0 aliphatic carbocycles. The van der Waals surface area contributed by atoms with Gasteiger partial charge in [-0.15, -0.1) is 0 Å². The van der Waals surface area contributed by atoms with Gasteiger partial charge in [0.2, 0.25) is 0 Å². The molecule has 0 spiro atoms. The van der Waals surface area contributed by atoms with E-state index in [1.807, 2.05) is 17.8 Å². The van der Waals surface area contributed by atoms with Crippen LogP contribution in [0.4, 0.5) is 0 Å². The lowest BCUT2D eigenvalue weighted by Gasteiger charge is -2.17. The third-order valence-corrected chi connectivity index (χ3v) is 3.87. The van der Waals surface area contributed by atoms with E-state index in [1.165, 1.54) is 6.26 Å². The second-order valence-corrected chi connectivity index (χ2v) is 6.91. The van der Waals surface area contributed by atoms with Gasteiger partial charge in [-0.1, -0.05) is 6.92 Å². The minimum absolute atomic E-state index is 0.0230. The van der Waals surface area contributed by atoms with Crippen LogP contribution in [0.25, 0.3) is 0 Å². The Morgan fingerprint density at radius 1 is 1.50 bits per heavy atom. The fourth-order valence-electron chi connectivity index (χ4n) is 1.93. The van der Waals surface area contributed by atoms with Crippen LogP contribution in [-0.4, -0.2) is 42.8 Å². The van der Waals surface area contributed by atoms with Crippen molar-refractivity contribution < 1.29 is 8.42 Å². The number of rotatable bonds is 8. The quantitative estimate of drug-likeness (QED) is 0.760. The Balaban J connectivity index is 2.53. The number of hydrogen-bond acceptors (Lipinski definition) is 4. The molecule has 0 radical (unpaired) electrons. The van der Waals surface area contributed by atoms with E-state index in [0.717, 1.165) is 31.5 Å². The SMILES string of the molecule is CCCNC(CCc1ccnn1C)CS(C)(=O)=O. The summed E-state index contributed by atoms with van der Waals surface area (Å²) in [4.78, 5) is 0. The molecule has 0 amide bonds. The van der Waals surface area contributed by atoms with Gasteiger partial charge >= 0.3 is 0 Å². The summed E-state index contributed by atoms with van der Waals surface area (Å²) in [6.45, 7) is 2.93. The predicted octanol–water partition coefficient (Wildman–Crippen LogP) is 0.766. The Morgan fingerprint density at radius 2 is 2.22 bits per heavy atom. The molecule has 0 aliphatic heterocycles. The van der Waals surface area contributed by atoms with E-state index in [2.05, 4.69) is 17.3 Å². The molecule has 1 aromatic heterocycles. The van der Waals surface area contributed by atoms with Crippen LogP contribution in [0.1, 0.15) is 25.5 Å². The van der Waals surface area contributed by atoms with Crippen LogP contribution >= 0.6 is 0 Å². The van der Waals surface area contributed by atoms with Gasteiger partial charge in [-0.05, 0) is 31.9 Å².